The minimum atomic E-state index is -0.0957. The Labute approximate surface area is 132 Å². The predicted molar refractivity (Wildman–Crippen MR) is 87.3 cm³/mol. The second-order valence-electron chi connectivity index (χ2n) is 5.20. The van der Waals surface area contributed by atoms with Crippen molar-refractivity contribution in [1.82, 2.24) is 14.9 Å². The van der Waals surface area contributed by atoms with Crippen LogP contribution in [-0.2, 0) is 0 Å². The highest BCUT2D eigenvalue weighted by atomic mass is 32.1. The molecule has 1 aliphatic rings. The van der Waals surface area contributed by atoms with Gasteiger partial charge in [0.2, 0.25) is 11.0 Å². The summed E-state index contributed by atoms with van der Waals surface area (Å²) in [4.78, 5) is 20.7. The zero-order valence-electron chi connectivity index (χ0n) is 12.0. The van der Waals surface area contributed by atoms with Crippen LogP contribution in [0.4, 0.5) is 5.13 Å². The summed E-state index contributed by atoms with van der Waals surface area (Å²) in [6.45, 7) is 0.901. The lowest BCUT2D eigenvalue weighted by Gasteiger charge is -2.22. The zero-order valence-corrected chi connectivity index (χ0v) is 12.8. The van der Waals surface area contributed by atoms with E-state index >= 15 is 0 Å². The van der Waals surface area contributed by atoms with Crippen LogP contribution in [0.15, 0.2) is 28.8 Å². The summed E-state index contributed by atoms with van der Waals surface area (Å²) in [5.41, 5.74) is 12.3. The maximum Gasteiger partial charge on any atom is 0.247 e. The lowest BCUT2D eigenvalue weighted by atomic mass is 10.0. The van der Waals surface area contributed by atoms with Gasteiger partial charge in [-0.05, 0) is 25.5 Å². The molecule has 1 saturated heterocycles. The predicted octanol–water partition coefficient (Wildman–Crippen LogP) is 1.30. The number of guanidine groups is 1. The van der Waals surface area contributed by atoms with Crippen molar-refractivity contribution in [1.29, 1.82) is 0 Å². The van der Waals surface area contributed by atoms with E-state index in [2.05, 4.69) is 15.3 Å². The summed E-state index contributed by atoms with van der Waals surface area (Å²) in [7, 11) is 0. The van der Waals surface area contributed by atoms with E-state index in [-0.39, 0.29) is 17.9 Å². The summed E-state index contributed by atoms with van der Waals surface area (Å²) in [6.07, 6.45) is 6.68. The molecule has 0 amide bonds. The van der Waals surface area contributed by atoms with Crippen LogP contribution in [-0.4, -0.2) is 34.0 Å². The number of nitrogens with one attached hydrogen (secondary N) is 1. The summed E-state index contributed by atoms with van der Waals surface area (Å²) in [5.74, 6) is 0.0580. The first-order chi connectivity index (χ1) is 10.6. The minimum absolute atomic E-state index is 0.0166. The Morgan fingerprint density at radius 1 is 1.45 bits per heavy atom. The molecule has 2 aromatic rings. The highest BCUT2D eigenvalue weighted by molar-refractivity contribution is 7.13. The Balaban J connectivity index is 1.77. The van der Waals surface area contributed by atoms with Crippen LogP contribution in [0.3, 0.4) is 0 Å². The summed E-state index contributed by atoms with van der Waals surface area (Å²) < 4.78 is 1.62. The average Bonchev–Trinajstić information content (AvgIpc) is 3.15. The van der Waals surface area contributed by atoms with Crippen LogP contribution in [0, 0.1) is 0 Å². The Morgan fingerprint density at radius 3 is 3.05 bits per heavy atom. The molecule has 0 aromatic carbocycles. The van der Waals surface area contributed by atoms with Gasteiger partial charge in [-0.25, -0.2) is 4.98 Å². The van der Waals surface area contributed by atoms with Gasteiger partial charge >= 0.3 is 0 Å². The zero-order chi connectivity index (χ0) is 15.5. The number of thiazole rings is 1. The molecule has 0 spiro atoms. The molecule has 1 fully saturated rings. The summed E-state index contributed by atoms with van der Waals surface area (Å²) >= 11 is 1.35. The first-order valence-corrected chi connectivity index (χ1v) is 8.02. The molecular formula is C14H18N6OS. The maximum atomic E-state index is 12.4. The highest BCUT2D eigenvalue weighted by Gasteiger charge is 2.22. The number of carbonyl (C=O) groups is 1. The summed E-state index contributed by atoms with van der Waals surface area (Å²) in [5, 5.41) is 5.63. The molecule has 3 heterocycles. The lowest BCUT2D eigenvalue weighted by Crippen LogP contribution is -2.42. The third kappa shape index (κ3) is 3.18. The van der Waals surface area contributed by atoms with E-state index in [0.717, 1.165) is 37.1 Å². The van der Waals surface area contributed by atoms with Crippen molar-refractivity contribution >= 4 is 28.3 Å². The second-order valence-corrected chi connectivity index (χ2v) is 6.04. The van der Waals surface area contributed by atoms with Gasteiger partial charge in [-0.1, -0.05) is 6.42 Å². The van der Waals surface area contributed by atoms with Crippen molar-refractivity contribution in [3.8, 4) is 11.3 Å². The van der Waals surface area contributed by atoms with Gasteiger partial charge in [0, 0.05) is 23.3 Å². The Hall–Kier alpha value is -2.19. The van der Waals surface area contributed by atoms with Gasteiger partial charge in [0.1, 0.15) is 0 Å². The molecule has 116 valence electrons. The number of aromatic nitrogens is 2. The molecule has 5 N–H and O–H groups in total. The molecule has 1 unspecified atom stereocenters. The second kappa shape index (κ2) is 6.29. The van der Waals surface area contributed by atoms with E-state index in [9.17, 15) is 4.79 Å². The first kappa shape index (κ1) is 14.7. The molecule has 3 rings (SSSR count). The fourth-order valence-electron chi connectivity index (χ4n) is 2.49. The molecule has 1 aliphatic heterocycles. The number of hydrogen-bond donors (Lipinski definition) is 3. The van der Waals surface area contributed by atoms with E-state index in [0.29, 0.717) is 5.13 Å². The number of carbonyl (C=O) groups excluding carboxylic acids is 1. The van der Waals surface area contributed by atoms with Crippen molar-refractivity contribution in [3.05, 3.63) is 23.8 Å². The normalized spacial score (nSPS) is 18.1. The Kier molecular flexibility index (Phi) is 4.21. The van der Waals surface area contributed by atoms with E-state index in [1.807, 2.05) is 11.4 Å². The van der Waals surface area contributed by atoms with Crippen LogP contribution in [0.2, 0.25) is 0 Å². The first-order valence-electron chi connectivity index (χ1n) is 7.14. The molecule has 1 atom stereocenters. The number of nitrogens with zero attached hydrogens (tertiary/aromatic N) is 3. The van der Waals surface area contributed by atoms with Crippen molar-refractivity contribution in [3.63, 3.8) is 0 Å². The van der Waals surface area contributed by atoms with Gasteiger partial charge in [-0.3, -0.25) is 9.36 Å². The number of nitrogens with two attached hydrogens (primary N) is 2. The van der Waals surface area contributed by atoms with Crippen LogP contribution in [0.1, 0.15) is 24.1 Å². The topological polar surface area (TPSA) is 111 Å². The van der Waals surface area contributed by atoms with Crippen LogP contribution in [0.5, 0.6) is 0 Å². The molecular weight excluding hydrogens is 300 g/mol. The Morgan fingerprint density at radius 2 is 2.32 bits per heavy atom. The largest absolute Gasteiger partial charge is 0.370 e. The van der Waals surface area contributed by atoms with E-state index in [1.165, 1.54) is 11.3 Å². The van der Waals surface area contributed by atoms with Gasteiger partial charge < -0.3 is 16.8 Å². The standard InChI is InChI=1S/C14H18N6OS/c15-13(16)19-14-18-11(8-22-14)9-4-6-20(7-9)12(21)10-3-1-2-5-17-10/h4,6-8,10,17H,1-3,5H2,(H4,15,16,18,19). The molecule has 0 aliphatic carbocycles. The van der Waals surface area contributed by atoms with Gasteiger partial charge in [0.05, 0.1) is 11.7 Å². The van der Waals surface area contributed by atoms with E-state index in [4.69, 9.17) is 11.5 Å². The van der Waals surface area contributed by atoms with Gasteiger partial charge in [-0.2, -0.15) is 4.99 Å². The maximum absolute atomic E-state index is 12.4. The number of aliphatic imine (C=N–C) groups is 1. The molecule has 0 saturated carbocycles. The molecule has 0 radical (unpaired) electrons. The number of hydrogen-bond acceptors (Lipinski definition) is 5. The average molecular weight is 318 g/mol. The number of rotatable bonds is 3. The fourth-order valence-corrected chi connectivity index (χ4v) is 3.20. The monoisotopic (exact) mass is 318 g/mol. The molecule has 22 heavy (non-hydrogen) atoms. The van der Waals surface area contributed by atoms with Crippen molar-refractivity contribution < 1.29 is 4.79 Å². The molecule has 0 bridgehead atoms. The van der Waals surface area contributed by atoms with Crippen LogP contribution in [0.25, 0.3) is 11.3 Å². The third-order valence-electron chi connectivity index (χ3n) is 3.57. The minimum Gasteiger partial charge on any atom is -0.370 e. The van der Waals surface area contributed by atoms with Crippen molar-refractivity contribution in [2.75, 3.05) is 6.54 Å². The fraction of sp³-hybridized carbons (Fsp3) is 0.357. The van der Waals surface area contributed by atoms with Crippen LogP contribution < -0.4 is 16.8 Å². The number of piperidine rings is 1. The quantitative estimate of drug-likeness (QED) is 0.583. The van der Waals surface area contributed by atoms with Gasteiger partial charge in [0.25, 0.3) is 0 Å². The van der Waals surface area contributed by atoms with Crippen LogP contribution >= 0.6 is 11.3 Å². The van der Waals surface area contributed by atoms with Gasteiger partial charge in [-0.15, -0.1) is 11.3 Å². The SMILES string of the molecule is NC(N)=Nc1nc(-c2ccn(C(=O)C3CCCCN3)c2)cs1. The molecule has 8 heteroatoms. The smallest absolute Gasteiger partial charge is 0.247 e. The van der Waals surface area contributed by atoms with Crippen molar-refractivity contribution in [2.24, 2.45) is 16.5 Å². The summed E-state index contributed by atoms with van der Waals surface area (Å²) in [6, 6.07) is 1.77. The van der Waals surface area contributed by atoms with E-state index in [1.54, 1.807) is 17.0 Å². The highest BCUT2D eigenvalue weighted by Crippen LogP contribution is 2.27. The molecule has 2 aromatic heterocycles. The van der Waals surface area contributed by atoms with Crippen molar-refractivity contribution in [2.45, 2.75) is 25.3 Å². The Bertz CT molecular complexity index is 694. The van der Waals surface area contributed by atoms with Gasteiger partial charge in [0.15, 0.2) is 5.96 Å². The third-order valence-corrected chi connectivity index (χ3v) is 4.30. The lowest BCUT2D eigenvalue weighted by molar-refractivity contribution is 0.0843. The van der Waals surface area contributed by atoms with E-state index < -0.39 is 0 Å². The molecule has 7 nitrogen and oxygen atoms in total.